The summed E-state index contributed by atoms with van der Waals surface area (Å²) in [6, 6.07) is 4.40. The van der Waals surface area contributed by atoms with Crippen LogP contribution in [0.5, 0.6) is 0 Å². The molecule has 1 aliphatic carbocycles. The van der Waals surface area contributed by atoms with E-state index < -0.39 is 0 Å². The molecule has 19 heavy (non-hydrogen) atoms. The fourth-order valence-corrected chi connectivity index (χ4v) is 2.95. The van der Waals surface area contributed by atoms with Gasteiger partial charge in [-0.3, -0.25) is 0 Å². The van der Waals surface area contributed by atoms with Gasteiger partial charge in [-0.2, -0.15) is 0 Å². The summed E-state index contributed by atoms with van der Waals surface area (Å²) in [5.74, 6) is 0.543. The molecule has 0 aliphatic heterocycles. The molecule has 1 aromatic heterocycles. The van der Waals surface area contributed by atoms with Crippen molar-refractivity contribution < 1.29 is 4.39 Å². The third-order valence-corrected chi connectivity index (χ3v) is 4.33. The highest BCUT2D eigenvalue weighted by Gasteiger charge is 2.20. The number of nitrogens with zero attached hydrogens (tertiary/aromatic N) is 1. The molecule has 1 heterocycles. The van der Waals surface area contributed by atoms with Crippen molar-refractivity contribution in [3.63, 3.8) is 0 Å². The minimum absolute atomic E-state index is 0.324. The lowest BCUT2D eigenvalue weighted by Gasteiger charge is -2.01. The van der Waals surface area contributed by atoms with Crippen molar-refractivity contribution in [3.8, 4) is 11.3 Å². The van der Waals surface area contributed by atoms with Crippen LogP contribution in [0, 0.1) is 11.7 Å². The van der Waals surface area contributed by atoms with Crippen molar-refractivity contribution in [2.75, 3.05) is 6.54 Å². The molecule has 0 saturated heterocycles. The van der Waals surface area contributed by atoms with Crippen molar-refractivity contribution in [2.24, 2.45) is 5.92 Å². The molecule has 1 aliphatic rings. The lowest BCUT2D eigenvalue weighted by Crippen LogP contribution is -2.15. The van der Waals surface area contributed by atoms with Gasteiger partial charge in [0, 0.05) is 17.5 Å². The largest absolute Gasteiger partial charge is 0.310 e. The van der Waals surface area contributed by atoms with Gasteiger partial charge in [-0.1, -0.05) is 11.6 Å². The molecular weight excluding hydrogens is 283 g/mol. The second-order valence-corrected chi connectivity index (χ2v) is 6.17. The van der Waals surface area contributed by atoms with E-state index in [1.807, 2.05) is 5.38 Å². The Labute approximate surface area is 120 Å². The van der Waals surface area contributed by atoms with Crippen LogP contribution >= 0.6 is 22.9 Å². The molecule has 2 aromatic rings. The minimum atomic E-state index is -0.324. The SMILES string of the molecule is Fc1ccc(-c2csc(CNCC3CC3)n2)c(Cl)c1. The van der Waals surface area contributed by atoms with Crippen LogP contribution in [0.2, 0.25) is 5.02 Å². The Kier molecular flexibility index (Phi) is 3.82. The molecule has 0 bridgehead atoms. The van der Waals surface area contributed by atoms with E-state index in [2.05, 4.69) is 10.3 Å². The smallest absolute Gasteiger partial charge is 0.124 e. The van der Waals surface area contributed by atoms with Crippen molar-refractivity contribution in [2.45, 2.75) is 19.4 Å². The highest BCUT2D eigenvalue weighted by atomic mass is 35.5. The molecule has 0 radical (unpaired) electrons. The fourth-order valence-electron chi connectivity index (χ4n) is 1.92. The zero-order chi connectivity index (χ0) is 13.2. The Morgan fingerprint density at radius 1 is 1.42 bits per heavy atom. The Morgan fingerprint density at radius 2 is 2.26 bits per heavy atom. The number of halogens is 2. The minimum Gasteiger partial charge on any atom is -0.310 e. The molecule has 1 N–H and O–H groups in total. The van der Waals surface area contributed by atoms with Crippen LogP contribution in [-0.2, 0) is 6.54 Å². The summed E-state index contributed by atoms with van der Waals surface area (Å²) in [6.45, 7) is 1.87. The fraction of sp³-hybridized carbons (Fsp3) is 0.357. The van der Waals surface area contributed by atoms with Crippen molar-refractivity contribution >= 4 is 22.9 Å². The van der Waals surface area contributed by atoms with E-state index in [4.69, 9.17) is 11.6 Å². The van der Waals surface area contributed by atoms with Crippen LogP contribution < -0.4 is 5.32 Å². The van der Waals surface area contributed by atoms with Gasteiger partial charge in [0.2, 0.25) is 0 Å². The van der Waals surface area contributed by atoms with Gasteiger partial charge in [0.05, 0.1) is 10.7 Å². The summed E-state index contributed by atoms with van der Waals surface area (Å²) in [5, 5.41) is 6.82. The van der Waals surface area contributed by atoms with E-state index >= 15 is 0 Å². The topological polar surface area (TPSA) is 24.9 Å². The first kappa shape index (κ1) is 13.0. The predicted octanol–water partition coefficient (Wildman–Crippen LogP) is 4.10. The van der Waals surface area contributed by atoms with Gasteiger partial charge in [0.1, 0.15) is 10.8 Å². The average Bonchev–Trinajstić information content (AvgIpc) is 3.07. The van der Waals surface area contributed by atoms with Gasteiger partial charge in [0.15, 0.2) is 0 Å². The zero-order valence-electron chi connectivity index (χ0n) is 10.3. The number of hydrogen-bond acceptors (Lipinski definition) is 3. The molecule has 1 aromatic carbocycles. The number of thiazole rings is 1. The van der Waals surface area contributed by atoms with Gasteiger partial charge in [-0.25, -0.2) is 9.37 Å². The van der Waals surface area contributed by atoms with Crippen molar-refractivity contribution in [1.82, 2.24) is 10.3 Å². The van der Waals surface area contributed by atoms with E-state index in [1.165, 1.54) is 25.0 Å². The van der Waals surface area contributed by atoms with E-state index in [1.54, 1.807) is 17.4 Å². The van der Waals surface area contributed by atoms with Crippen LogP contribution in [0.15, 0.2) is 23.6 Å². The van der Waals surface area contributed by atoms with E-state index in [0.29, 0.717) is 5.02 Å². The molecule has 0 unspecified atom stereocenters. The Bertz CT molecular complexity index is 581. The molecule has 2 nitrogen and oxygen atoms in total. The molecule has 100 valence electrons. The number of aromatic nitrogens is 1. The third kappa shape index (κ3) is 3.32. The standard InChI is InChI=1S/C14H14ClFN2S/c15-12-5-10(16)3-4-11(12)13-8-19-14(18-13)7-17-6-9-1-2-9/h3-5,8-9,17H,1-2,6-7H2. The van der Waals surface area contributed by atoms with Gasteiger partial charge in [0.25, 0.3) is 0 Å². The number of rotatable bonds is 5. The molecule has 3 rings (SSSR count). The number of nitrogens with one attached hydrogen (secondary N) is 1. The first-order valence-electron chi connectivity index (χ1n) is 6.33. The van der Waals surface area contributed by atoms with Crippen LogP contribution in [0.4, 0.5) is 4.39 Å². The average molecular weight is 297 g/mol. The van der Waals surface area contributed by atoms with E-state index in [9.17, 15) is 4.39 Å². The second-order valence-electron chi connectivity index (χ2n) is 4.82. The van der Waals surface area contributed by atoms with Gasteiger partial charge < -0.3 is 5.32 Å². The zero-order valence-corrected chi connectivity index (χ0v) is 11.9. The third-order valence-electron chi connectivity index (χ3n) is 3.16. The maximum Gasteiger partial charge on any atom is 0.124 e. The summed E-state index contributed by atoms with van der Waals surface area (Å²) < 4.78 is 13.0. The number of hydrogen-bond donors (Lipinski definition) is 1. The monoisotopic (exact) mass is 296 g/mol. The first-order valence-corrected chi connectivity index (χ1v) is 7.58. The van der Waals surface area contributed by atoms with Gasteiger partial charge >= 0.3 is 0 Å². The van der Waals surface area contributed by atoms with E-state index in [-0.39, 0.29) is 5.82 Å². The summed E-state index contributed by atoms with van der Waals surface area (Å²) >= 11 is 7.64. The normalized spacial score (nSPS) is 14.8. The lowest BCUT2D eigenvalue weighted by molar-refractivity contribution is 0.628. The maximum atomic E-state index is 13.0. The van der Waals surface area contributed by atoms with Gasteiger partial charge in [-0.15, -0.1) is 11.3 Å². The quantitative estimate of drug-likeness (QED) is 0.898. The van der Waals surface area contributed by atoms with E-state index in [0.717, 1.165) is 35.3 Å². The molecular formula is C14H14ClFN2S. The van der Waals surface area contributed by atoms with Crippen LogP contribution in [0.1, 0.15) is 17.8 Å². The summed E-state index contributed by atoms with van der Waals surface area (Å²) in [5.41, 5.74) is 1.60. The van der Waals surface area contributed by atoms with Crippen molar-refractivity contribution in [1.29, 1.82) is 0 Å². The lowest BCUT2D eigenvalue weighted by atomic mass is 10.2. The van der Waals surface area contributed by atoms with Crippen molar-refractivity contribution in [3.05, 3.63) is 39.4 Å². The Balaban J connectivity index is 1.68. The summed E-state index contributed by atoms with van der Waals surface area (Å²) in [6.07, 6.45) is 2.70. The first-order chi connectivity index (χ1) is 9.22. The van der Waals surface area contributed by atoms with Gasteiger partial charge in [-0.05, 0) is 43.5 Å². The Morgan fingerprint density at radius 3 is 3.00 bits per heavy atom. The molecule has 1 saturated carbocycles. The molecule has 0 spiro atoms. The van der Waals surface area contributed by atoms with Crippen LogP contribution in [0.3, 0.4) is 0 Å². The predicted molar refractivity (Wildman–Crippen MR) is 76.9 cm³/mol. The van der Waals surface area contributed by atoms with Crippen LogP contribution in [0.25, 0.3) is 11.3 Å². The second kappa shape index (κ2) is 5.57. The molecule has 0 amide bonds. The molecule has 0 atom stereocenters. The van der Waals surface area contributed by atoms with Crippen LogP contribution in [-0.4, -0.2) is 11.5 Å². The molecule has 5 heteroatoms. The molecule has 1 fully saturated rings. The summed E-state index contributed by atoms with van der Waals surface area (Å²) in [7, 11) is 0. The summed E-state index contributed by atoms with van der Waals surface area (Å²) in [4.78, 5) is 4.54. The maximum absolute atomic E-state index is 13.0. The Hall–Kier alpha value is -0.970. The highest BCUT2D eigenvalue weighted by Crippen LogP contribution is 2.30. The number of benzene rings is 1. The highest BCUT2D eigenvalue weighted by molar-refractivity contribution is 7.09.